The third-order valence-electron chi connectivity index (χ3n) is 3.33. The summed E-state index contributed by atoms with van der Waals surface area (Å²) in [6.07, 6.45) is 4.11. The van der Waals surface area contributed by atoms with E-state index in [1.54, 1.807) is 6.33 Å². The lowest BCUT2D eigenvalue weighted by Crippen LogP contribution is -2.40. The summed E-state index contributed by atoms with van der Waals surface area (Å²) in [5.74, 6) is 1.19. The monoisotopic (exact) mass is 204 g/mol. The summed E-state index contributed by atoms with van der Waals surface area (Å²) < 4.78 is 0. The van der Waals surface area contributed by atoms with Crippen LogP contribution in [-0.2, 0) is 13.0 Å². The van der Waals surface area contributed by atoms with Crippen molar-refractivity contribution in [2.24, 2.45) is 0 Å². The van der Waals surface area contributed by atoms with Crippen LogP contribution < -0.4 is 4.90 Å². The highest BCUT2D eigenvalue weighted by Gasteiger charge is 2.24. The third kappa shape index (κ3) is 1.49. The molecule has 1 aromatic heterocycles. The van der Waals surface area contributed by atoms with Gasteiger partial charge in [-0.05, 0) is 19.9 Å². The number of hydrogen-bond donors (Lipinski definition) is 0. The highest BCUT2D eigenvalue weighted by Crippen LogP contribution is 2.27. The molecule has 80 valence electrons. The Labute approximate surface area is 89.9 Å². The Kier molecular flexibility index (Phi) is 2.09. The predicted molar refractivity (Wildman–Crippen MR) is 58.9 cm³/mol. The van der Waals surface area contributed by atoms with Crippen molar-refractivity contribution in [3.63, 3.8) is 0 Å². The van der Waals surface area contributed by atoms with Gasteiger partial charge >= 0.3 is 0 Å². The average Bonchev–Trinajstić information content (AvgIpc) is 2.15. The second-order valence-electron chi connectivity index (χ2n) is 4.45. The van der Waals surface area contributed by atoms with E-state index in [0.29, 0.717) is 0 Å². The van der Waals surface area contributed by atoms with Crippen LogP contribution >= 0.6 is 0 Å². The molecule has 0 spiro atoms. The van der Waals surface area contributed by atoms with Crippen molar-refractivity contribution < 1.29 is 0 Å². The molecule has 1 saturated heterocycles. The fraction of sp³-hybridized carbons (Fsp3) is 0.636. The number of likely N-dealkylation sites (N-methyl/N-ethyl adjacent to an activating group) is 1. The van der Waals surface area contributed by atoms with E-state index in [1.807, 2.05) is 0 Å². The van der Waals surface area contributed by atoms with Crippen molar-refractivity contribution in [3.8, 4) is 0 Å². The van der Waals surface area contributed by atoms with Crippen LogP contribution in [-0.4, -0.2) is 41.5 Å². The Bertz CT molecular complexity index is 373. The number of aromatic nitrogens is 2. The number of fused-ring (bicyclic) bond motifs is 1. The standard InChI is InChI=1S/C11H16N4/c1-14-6-3-9-10(7-14)12-8-13-11(9)15-4-2-5-15/h8H,2-7H2,1H3. The molecule has 0 amide bonds. The zero-order chi connectivity index (χ0) is 10.3. The smallest absolute Gasteiger partial charge is 0.135 e. The Hall–Kier alpha value is -1.16. The van der Waals surface area contributed by atoms with Crippen LogP contribution in [0.2, 0.25) is 0 Å². The number of nitrogens with zero attached hydrogens (tertiary/aromatic N) is 4. The largest absolute Gasteiger partial charge is 0.356 e. The van der Waals surface area contributed by atoms with Crippen LogP contribution in [0.15, 0.2) is 6.33 Å². The zero-order valence-corrected chi connectivity index (χ0v) is 9.11. The minimum absolute atomic E-state index is 0.971. The summed E-state index contributed by atoms with van der Waals surface area (Å²) in [5, 5.41) is 0. The van der Waals surface area contributed by atoms with E-state index in [4.69, 9.17) is 0 Å². The van der Waals surface area contributed by atoms with Crippen molar-refractivity contribution in [3.05, 3.63) is 17.6 Å². The van der Waals surface area contributed by atoms with Gasteiger partial charge in [-0.1, -0.05) is 0 Å². The highest BCUT2D eigenvalue weighted by atomic mass is 15.2. The minimum Gasteiger partial charge on any atom is -0.356 e. The lowest BCUT2D eigenvalue weighted by Gasteiger charge is -2.35. The van der Waals surface area contributed by atoms with Crippen molar-refractivity contribution in [2.75, 3.05) is 31.6 Å². The molecule has 0 saturated carbocycles. The molecule has 4 nitrogen and oxygen atoms in total. The lowest BCUT2D eigenvalue weighted by atomic mass is 10.0. The fourth-order valence-corrected chi connectivity index (χ4v) is 2.27. The van der Waals surface area contributed by atoms with Gasteiger partial charge in [0.1, 0.15) is 12.1 Å². The molecule has 0 unspecified atom stereocenters. The van der Waals surface area contributed by atoms with E-state index < -0.39 is 0 Å². The summed E-state index contributed by atoms with van der Waals surface area (Å²) in [5.41, 5.74) is 2.61. The predicted octanol–water partition coefficient (Wildman–Crippen LogP) is 0.675. The third-order valence-corrected chi connectivity index (χ3v) is 3.33. The highest BCUT2D eigenvalue weighted by molar-refractivity contribution is 5.51. The summed E-state index contributed by atoms with van der Waals surface area (Å²) in [7, 11) is 2.15. The van der Waals surface area contributed by atoms with Gasteiger partial charge in [0.2, 0.25) is 0 Å². The Balaban J connectivity index is 1.98. The van der Waals surface area contributed by atoms with Gasteiger partial charge in [-0.3, -0.25) is 0 Å². The molecular formula is C11H16N4. The minimum atomic E-state index is 0.971. The van der Waals surface area contributed by atoms with Gasteiger partial charge < -0.3 is 9.80 Å². The summed E-state index contributed by atoms with van der Waals surface area (Å²) in [6.45, 7) is 4.43. The summed E-state index contributed by atoms with van der Waals surface area (Å²) in [6, 6.07) is 0. The molecule has 0 aromatic carbocycles. The molecule has 15 heavy (non-hydrogen) atoms. The van der Waals surface area contributed by atoms with E-state index >= 15 is 0 Å². The van der Waals surface area contributed by atoms with Gasteiger partial charge in [0, 0.05) is 31.7 Å². The van der Waals surface area contributed by atoms with Gasteiger partial charge in [0.15, 0.2) is 0 Å². The van der Waals surface area contributed by atoms with Crippen LogP contribution in [0.5, 0.6) is 0 Å². The van der Waals surface area contributed by atoms with Gasteiger partial charge in [-0.2, -0.15) is 0 Å². The molecule has 0 aliphatic carbocycles. The molecule has 0 radical (unpaired) electrons. The van der Waals surface area contributed by atoms with Crippen molar-refractivity contribution in [1.29, 1.82) is 0 Å². The fourth-order valence-electron chi connectivity index (χ4n) is 2.27. The molecule has 4 heteroatoms. The normalized spacial score (nSPS) is 21.0. The molecule has 1 fully saturated rings. The van der Waals surface area contributed by atoms with Crippen molar-refractivity contribution in [2.45, 2.75) is 19.4 Å². The van der Waals surface area contributed by atoms with E-state index in [1.165, 1.54) is 36.6 Å². The van der Waals surface area contributed by atoms with Gasteiger partial charge in [0.05, 0.1) is 5.69 Å². The molecule has 1 aromatic rings. The molecule has 2 aliphatic heterocycles. The van der Waals surface area contributed by atoms with Gasteiger partial charge in [-0.25, -0.2) is 9.97 Å². The van der Waals surface area contributed by atoms with Crippen LogP contribution in [0.25, 0.3) is 0 Å². The Morgan fingerprint density at radius 1 is 1.20 bits per heavy atom. The van der Waals surface area contributed by atoms with Gasteiger partial charge in [-0.15, -0.1) is 0 Å². The van der Waals surface area contributed by atoms with Gasteiger partial charge in [0.25, 0.3) is 0 Å². The van der Waals surface area contributed by atoms with Crippen molar-refractivity contribution in [1.82, 2.24) is 14.9 Å². The number of anilines is 1. The SMILES string of the molecule is CN1CCc2c(ncnc2N2CCC2)C1. The second-order valence-corrected chi connectivity index (χ2v) is 4.45. The van der Waals surface area contributed by atoms with Crippen LogP contribution in [0.3, 0.4) is 0 Å². The Morgan fingerprint density at radius 3 is 2.80 bits per heavy atom. The van der Waals surface area contributed by atoms with E-state index in [0.717, 1.165) is 19.5 Å². The molecular weight excluding hydrogens is 188 g/mol. The Morgan fingerprint density at radius 2 is 2.07 bits per heavy atom. The zero-order valence-electron chi connectivity index (χ0n) is 9.11. The molecule has 3 heterocycles. The van der Waals surface area contributed by atoms with E-state index in [9.17, 15) is 0 Å². The summed E-state index contributed by atoms with van der Waals surface area (Å²) in [4.78, 5) is 13.5. The molecule has 0 bridgehead atoms. The first-order valence-corrected chi connectivity index (χ1v) is 5.61. The number of rotatable bonds is 1. The second kappa shape index (κ2) is 3.45. The number of hydrogen-bond acceptors (Lipinski definition) is 4. The maximum atomic E-state index is 4.44. The first-order chi connectivity index (χ1) is 7.34. The molecule has 0 atom stereocenters. The first kappa shape index (κ1) is 9.09. The quantitative estimate of drug-likeness (QED) is 0.673. The van der Waals surface area contributed by atoms with Crippen molar-refractivity contribution >= 4 is 5.82 Å². The lowest BCUT2D eigenvalue weighted by molar-refractivity contribution is 0.306. The van der Waals surface area contributed by atoms with Crippen LogP contribution in [0, 0.1) is 0 Å². The molecule has 2 aliphatic rings. The van der Waals surface area contributed by atoms with Crippen LogP contribution in [0.1, 0.15) is 17.7 Å². The average molecular weight is 204 g/mol. The first-order valence-electron chi connectivity index (χ1n) is 5.61. The summed E-state index contributed by atoms with van der Waals surface area (Å²) >= 11 is 0. The topological polar surface area (TPSA) is 32.3 Å². The maximum absolute atomic E-state index is 4.44. The molecule has 0 N–H and O–H groups in total. The maximum Gasteiger partial charge on any atom is 0.135 e. The van der Waals surface area contributed by atoms with E-state index in [-0.39, 0.29) is 0 Å². The molecule has 3 rings (SSSR count). The van der Waals surface area contributed by atoms with Crippen LogP contribution in [0.4, 0.5) is 5.82 Å². The van der Waals surface area contributed by atoms with E-state index in [2.05, 4.69) is 26.8 Å².